The van der Waals surface area contributed by atoms with E-state index in [0.29, 0.717) is 16.0 Å². The Labute approximate surface area is 134 Å². The van der Waals surface area contributed by atoms with Crippen LogP contribution in [0.3, 0.4) is 0 Å². The zero-order valence-electron chi connectivity index (χ0n) is 12.7. The Morgan fingerprint density at radius 2 is 2.00 bits per heavy atom. The molecule has 2 aromatic heterocycles. The van der Waals surface area contributed by atoms with Crippen molar-refractivity contribution in [3.05, 3.63) is 54.7 Å². The molecule has 0 atom stereocenters. The van der Waals surface area contributed by atoms with Crippen LogP contribution in [0.5, 0.6) is 11.5 Å². The van der Waals surface area contributed by atoms with E-state index in [2.05, 4.69) is 10.1 Å². The Morgan fingerprint density at radius 1 is 1.22 bits per heavy atom. The van der Waals surface area contributed by atoms with Crippen LogP contribution in [-0.4, -0.2) is 28.8 Å². The van der Waals surface area contributed by atoms with Gasteiger partial charge in [0.15, 0.2) is 0 Å². The van der Waals surface area contributed by atoms with Gasteiger partial charge in [-0.2, -0.15) is 14.6 Å². The summed E-state index contributed by atoms with van der Waals surface area (Å²) in [5.74, 6) is 1.23. The minimum Gasteiger partial charge on any atom is -0.497 e. The Balaban J connectivity index is 2.24. The number of fused-ring (bicyclic) bond motifs is 1. The van der Waals surface area contributed by atoms with Gasteiger partial charge in [0.1, 0.15) is 17.2 Å². The first-order chi connectivity index (χ1) is 11.0. The minimum atomic E-state index is -0.431. The van der Waals surface area contributed by atoms with E-state index in [-0.39, 0.29) is 16.2 Å². The van der Waals surface area contributed by atoms with E-state index in [9.17, 15) is 9.59 Å². The van der Waals surface area contributed by atoms with Crippen LogP contribution in [0.4, 0.5) is 0 Å². The molecule has 0 saturated heterocycles. The Bertz CT molecular complexity index is 1050. The van der Waals surface area contributed by atoms with E-state index in [4.69, 9.17) is 9.47 Å². The second-order valence-electron chi connectivity index (χ2n) is 4.72. The van der Waals surface area contributed by atoms with Crippen LogP contribution in [0.1, 0.15) is 11.3 Å². The molecule has 0 spiro atoms. The van der Waals surface area contributed by atoms with Gasteiger partial charge in [0.2, 0.25) is 4.96 Å². The molecule has 0 aliphatic carbocycles. The average molecular weight is 331 g/mol. The first-order valence-corrected chi connectivity index (χ1v) is 7.49. The molecule has 0 bridgehead atoms. The molecule has 0 aliphatic heterocycles. The van der Waals surface area contributed by atoms with Crippen molar-refractivity contribution in [3.63, 3.8) is 0 Å². The van der Waals surface area contributed by atoms with Crippen molar-refractivity contribution >= 4 is 22.4 Å². The maximum absolute atomic E-state index is 12.4. The van der Waals surface area contributed by atoms with E-state index in [1.54, 1.807) is 38.5 Å². The van der Waals surface area contributed by atoms with E-state index in [0.717, 1.165) is 21.4 Å². The van der Waals surface area contributed by atoms with E-state index >= 15 is 0 Å². The van der Waals surface area contributed by atoms with Crippen LogP contribution in [0.15, 0.2) is 27.8 Å². The van der Waals surface area contributed by atoms with E-state index in [1.165, 1.54) is 6.92 Å². The van der Waals surface area contributed by atoms with Crippen molar-refractivity contribution < 1.29 is 9.47 Å². The number of methoxy groups -OCH3 is 2. The lowest BCUT2D eigenvalue weighted by molar-refractivity contribution is 0.393. The number of thiazole rings is 1. The second-order valence-corrected chi connectivity index (χ2v) is 5.73. The number of ether oxygens (including phenoxy) is 2. The van der Waals surface area contributed by atoms with Gasteiger partial charge >= 0.3 is 0 Å². The second kappa shape index (κ2) is 5.81. The maximum Gasteiger partial charge on any atom is 0.295 e. The van der Waals surface area contributed by atoms with Gasteiger partial charge in [0.05, 0.1) is 18.8 Å². The lowest BCUT2D eigenvalue weighted by Crippen LogP contribution is -2.27. The third-order valence-corrected chi connectivity index (χ3v) is 4.23. The zero-order chi connectivity index (χ0) is 16.6. The Hall–Kier alpha value is -2.74. The van der Waals surface area contributed by atoms with Gasteiger partial charge in [-0.25, -0.2) is 0 Å². The van der Waals surface area contributed by atoms with Crippen LogP contribution >= 0.6 is 11.3 Å². The summed E-state index contributed by atoms with van der Waals surface area (Å²) in [5, 5.41) is 3.98. The van der Waals surface area contributed by atoms with Gasteiger partial charge in [-0.15, -0.1) is 0 Å². The predicted octanol–water partition coefficient (Wildman–Crippen LogP) is 0.385. The fourth-order valence-electron chi connectivity index (χ4n) is 2.07. The normalized spacial score (nSPS) is 11.9. The van der Waals surface area contributed by atoms with Gasteiger partial charge < -0.3 is 9.47 Å². The molecule has 0 amide bonds. The smallest absolute Gasteiger partial charge is 0.295 e. The maximum atomic E-state index is 12.4. The van der Waals surface area contributed by atoms with Crippen molar-refractivity contribution in [3.8, 4) is 11.5 Å². The molecule has 0 fully saturated rings. The van der Waals surface area contributed by atoms with Gasteiger partial charge in [-0.05, 0) is 25.1 Å². The molecule has 2 heterocycles. The van der Waals surface area contributed by atoms with Crippen molar-refractivity contribution in [2.24, 2.45) is 0 Å². The SMILES string of the molecule is COc1ccc(C=c2sc3nc(=O)c(C)nn3c2=O)c(OC)c1. The molecular weight excluding hydrogens is 318 g/mol. The topological polar surface area (TPSA) is 82.8 Å². The number of hydrogen-bond acceptors (Lipinski definition) is 7. The molecule has 0 saturated carbocycles. The lowest BCUT2D eigenvalue weighted by atomic mass is 10.2. The molecule has 0 radical (unpaired) electrons. The highest BCUT2D eigenvalue weighted by molar-refractivity contribution is 7.15. The van der Waals surface area contributed by atoms with Crippen molar-refractivity contribution in [2.45, 2.75) is 6.92 Å². The molecule has 7 nitrogen and oxygen atoms in total. The fraction of sp³-hybridized carbons (Fsp3) is 0.200. The molecule has 3 rings (SSSR count). The third kappa shape index (κ3) is 2.68. The van der Waals surface area contributed by atoms with Gasteiger partial charge in [-0.3, -0.25) is 9.59 Å². The van der Waals surface area contributed by atoms with Crippen LogP contribution in [0.25, 0.3) is 11.0 Å². The quantitative estimate of drug-likeness (QED) is 0.690. The molecule has 118 valence electrons. The number of rotatable bonds is 3. The van der Waals surface area contributed by atoms with Crippen molar-refractivity contribution in [1.29, 1.82) is 0 Å². The molecule has 0 unspecified atom stereocenters. The summed E-state index contributed by atoms with van der Waals surface area (Å²) < 4.78 is 12.0. The summed E-state index contributed by atoms with van der Waals surface area (Å²) in [6.07, 6.45) is 1.68. The zero-order valence-corrected chi connectivity index (χ0v) is 13.5. The summed E-state index contributed by atoms with van der Waals surface area (Å²) in [6.45, 7) is 1.52. The lowest BCUT2D eigenvalue weighted by Gasteiger charge is -2.06. The minimum absolute atomic E-state index is 0.186. The van der Waals surface area contributed by atoms with Crippen LogP contribution < -0.4 is 25.1 Å². The summed E-state index contributed by atoms with van der Waals surface area (Å²) in [7, 11) is 3.11. The highest BCUT2D eigenvalue weighted by atomic mass is 32.1. The van der Waals surface area contributed by atoms with E-state index < -0.39 is 5.56 Å². The average Bonchev–Trinajstić information content (AvgIpc) is 2.84. The molecule has 0 aliphatic rings. The summed E-state index contributed by atoms with van der Waals surface area (Å²) in [4.78, 5) is 28.1. The number of hydrogen-bond donors (Lipinski definition) is 0. The standard InChI is InChI=1S/C15H13N3O4S/c1-8-13(19)16-15-18(17-8)14(20)12(23-15)6-9-4-5-10(21-2)7-11(9)22-3/h4-7H,1-3H3. The Morgan fingerprint density at radius 3 is 2.70 bits per heavy atom. The van der Waals surface area contributed by atoms with Crippen molar-refractivity contribution in [2.75, 3.05) is 14.2 Å². The fourth-order valence-corrected chi connectivity index (χ4v) is 2.96. The summed E-state index contributed by atoms with van der Waals surface area (Å²) in [5.41, 5.74) is 0.154. The number of benzene rings is 1. The molecule has 1 aromatic carbocycles. The van der Waals surface area contributed by atoms with Crippen molar-refractivity contribution in [1.82, 2.24) is 14.6 Å². The molecule has 23 heavy (non-hydrogen) atoms. The highest BCUT2D eigenvalue weighted by Crippen LogP contribution is 2.24. The van der Waals surface area contributed by atoms with Gasteiger partial charge in [0.25, 0.3) is 11.1 Å². The van der Waals surface area contributed by atoms with Crippen LogP contribution in [0.2, 0.25) is 0 Å². The Kier molecular flexibility index (Phi) is 3.83. The molecular formula is C15H13N3O4S. The monoisotopic (exact) mass is 331 g/mol. The summed E-state index contributed by atoms with van der Waals surface area (Å²) >= 11 is 1.11. The van der Waals surface area contributed by atoms with Crippen LogP contribution in [-0.2, 0) is 0 Å². The van der Waals surface area contributed by atoms with E-state index in [1.807, 2.05) is 0 Å². The number of nitrogens with zero attached hydrogens (tertiary/aromatic N) is 3. The summed E-state index contributed by atoms with van der Waals surface area (Å²) in [6, 6.07) is 5.29. The number of aromatic nitrogens is 3. The predicted molar refractivity (Wildman–Crippen MR) is 86.5 cm³/mol. The van der Waals surface area contributed by atoms with Crippen LogP contribution in [0, 0.1) is 6.92 Å². The largest absolute Gasteiger partial charge is 0.497 e. The molecule has 0 N–H and O–H groups in total. The first-order valence-electron chi connectivity index (χ1n) is 6.67. The highest BCUT2D eigenvalue weighted by Gasteiger charge is 2.09. The first kappa shape index (κ1) is 15.2. The molecule has 8 heteroatoms. The van der Waals surface area contributed by atoms with Gasteiger partial charge in [-0.1, -0.05) is 11.3 Å². The van der Waals surface area contributed by atoms with Gasteiger partial charge in [0, 0.05) is 11.6 Å². The third-order valence-electron chi connectivity index (χ3n) is 3.27. The number of aryl methyl sites for hydroxylation is 1. The molecule has 3 aromatic rings.